The number of aromatic nitrogens is 4. The van der Waals surface area contributed by atoms with Crippen molar-refractivity contribution in [3.8, 4) is 0 Å². The minimum Gasteiger partial charge on any atom is -0.462 e. The molecule has 0 radical (unpaired) electrons. The van der Waals surface area contributed by atoms with Crippen LogP contribution in [0.1, 0.15) is 38.1 Å². The molecule has 212 valence electrons. The minimum absolute atomic E-state index is 0.0275. The summed E-state index contributed by atoms with van der Waals surface area (Å²) in [6.45, 7) is 7.62. The molecular weight excluding hydrogens is 549 g/mol. The number of halogens is 1. The number of nitrogens with one attached hydrogen (secondary N) is 2. The van der Waals surface area contributed by atoms with Gasteiger partial charge in [0, 0.05) is 17.2 Å². The van der Waals surface area contributed by atoms with Crippen molar-refractivity contribution in [3.63, 3.8) is 0 Å². The first-order valence-electron chi connectivity index (χ1n) is 12.2. The molecule has 15 heteroatoms. The van der Waals surface area contributed by atoms with Crippen molar-refractivity contribution in [2.24, 2.45) is 0 Å². The second kappa shape index (κ2) is 13.3. The number of ether oxygens (including phenoxy) is 3. The highest BCUT2D eigenvalue weighted by Gasteiger charge is 2.39. The van der Waals surface area contributed by atoms with Crippen LogP contribution in [0.4, 0.5) is 5.82 Å². The fraction of sp³-hybridized carbons (Fsp3) is 0.458. The number of hydrogen-bond donors (Lipinski definition) is 3. The van der Waals surface area contributed by atoms with Gasteiger partial charge in [-0.15, -0.1) is 0 Å². The largest absolute Gasteiger partial charge is 0.462 e. The lowest BCUT2D eigenvalue weighted by atomic mass is 10.1. The van der Waals surface area contributed by atoms with Gasteiger partial charge in [0.15, 0.2) is 11.5 Å². The molecule has 39 heavy (non-hydrogen) atoms. The summed E-state index contributed by atoms with van der Waals surface area (Å²) in [7, 11) is -3.88. The van der Waals surface area contributed by atoms with Crippen molar-refractivity contribution in [1.82, 2.24) is 29.7 Å². The van der Waals surface area contributed by atoms with Crippen LogP contribution in [0, 0.1) is 0 Å². The number of nitrogens with zero attached hydrogens (tertiary/aromatic N) is 4. The maximum absolute atomic E-state index is 14.0. The van der Waals surface area contributed by atoms with Gasteiger partial charge in [-0.25, -0.2) is 20.0 Å². The molecule has 4 N–H and O–H groups in total. The number of hydrogen-bond acceptors (Lipinski definition) is 10. The van der Waals surface area contributed by atoms with E-state index in [1.165, 1.54) is 32.3 Å². The van der Waals surface area contributed by atoms with Crippen LogP contribution in [0.2, 0.25) is 5.02 Å². The second-order valence-corrected chi connectivity index (χ2v) is 11.8. The second-order valence-electron chi connectivity index (χ2n) is 9.19. The van der Waals surface area contributed by atoms with Crippen LogP contribution >= 0.6 is 19.0 Å². The van der Waals surface area contributed by atoms with Gasteiger partial charge in [0.05, 0.1) is 25.6 Å². The number of imidazole rings is 1. The highest BCUT2D eigenvalue weighted by Crippen LogP contribution is 2.40. The van der Waals surface area contributed by atoms with Crippen molar-refractivity contribution in [2.75, 3.05) is 31.9 Å². The zero-order chi connectivity index (χ0) is 28.6. The van der Waals surface area contributed by atoms with E-state index in [0.29, 0.717) is 29.3 Å². The van der Waals surface area contributed by atoms with Crippen molar-refractivity contribution >= 4 is 47.9 Å². The van der Waals surface area contributed by atoms with Gasteiger partial charge in [0.1, 0.15) is 30.3 Å². The predicted molar refractivity (Wildman–Crippen MR) is 146 cm³/mol. The van der Waals surface area contributed by atoms with E-state index in [4.69, 9.17) is 31.5 Å². The lowest BCUT2D eigenvalue weighted by Crippen LogP contribution is -2.49. The summed E-state index contributed by atoms with van der Waals surface area (Å²) in [4.78, 5) is 38.1. The molecule has 2 aromatic heterocycles. The van der Waals surface area contributed by atoms with Gasteiger partial charge >= 0.3 is 5.97 Å². The van der Waals surface area contributed by atoms with Crippen molar-refractivity contribution < 1.29 is 28.4 Å². The molecule has 1 unspecified atom stereocenters. The van der Waals surface area contributed by atoms with Gasteiger partial charge < -0.3 is 24.5 Å². The molecule has 0 fully saturated rings. The lowest BCUT2D eigenvalue weighted by Gasteiger charge is -2.31. The summed E-state index contributed by atoms with van der Waals surface area (Å²) in [5.74, 6) is -1.05. The number of amides is 1. The summed E-state index contributed by atoms with van der Waals surface area (Å²) in [5.41, 5.74) is 5.62. The van der Waals surface area contributed by atoms with Crippen LogP contribution in [-0.2, 0) is 30.1 Å². The van der Waals surface area contributed by atoms with Crippen molar-refractivity contribution in [1.29, 1.82) is 0 Å². The number of carbonyl (C=O) groups is 2. The van der Waals surface area contributed by atoms with E-state index in [1.54, 1.807) is 30.0 Å². The number of rotatable bonds is 14. The van der Waals surface area contributed by atoms with E-state index < -0.39 is 37.3 Å². The maximum atomic E-state index is 14.0. The van der Waals surface area contributed by atoms with Crippen LogP contribution < -0.4 is 15.9 Å². The third kappa shape index (κ3) is 8.45. The first kappa shape index (κ1) is 30.5. The highest BCUT2D eigenvalue weighted by molar-refractivity contribution is 7.60. The summed E-state index contributed by atoms with van der Waals surface area (Å²) >= 11 is 5.92. The van der Waals surface area contributed by atoms with Crippen molar-refractivity contribution in [3.05, 3.63) is 47.5 Å². The van der Waals surface area contributed by atoms with Gasteiger partial charge in [-0.1, -0.05) is 11.6 Å². The normalized spacial score (nSPS) is 14.1. The smallest absolute Gasteiger partial charge is 0.326 e. The Bertz CT molecular complexity index is 1330. The van der Waals surface area contributed by atoms with Crippen LogP contribution in [0.15, 0.2) is 36.9 Å². The molecule has 0 bridgehead atoms. The van der Waals surface area contributed by atoms with E-state index >= 15 is 0 Å². The fourth-order valence-electron chi connectivity index (χ4n) is 3.53. The third-order valence-corrected chi connectivity index (χ3v) is 7.70. The zero-order valence-electron chi connectivity index (χ0n) is 22.2. The summed E-state index contributed by atoms with van der Waals surface area (Å²) in [6, 6.07) is 6.07. The number of nitrogens with two attached hydrogens (primary N) is 1. The Hall–Kier alpha value is -3.09. The van der Waals surface area contributed by atoms with Gasteiger partial charge in [0.25, 0.3) is 13.4 Å². The Balaban J connectivity index is 1.74. The Morgan fingerprint density at radius 3 is 2.59 bits per heavy atom. The van der Waals surface area contributed by atoms with Gasteiger partial charge in [-0.3, -0.25) is 19.2 Å². The number of carbonyl (C=O) groups excluding carboxylic acids is 2. The number of benzene rings is 1. The Morgan fingerprint density at radius 2 is 1.90 bits per heavy atom. The van der Waals surface area contributed by atoms with Crippen molar-refractivity contribution in [2.45, 2.75) is 45.9 Å². The van der Waals surface area contributed by atoms with Gasteiger partial charge in [0.2, 0.25) is 0 Å². The molecule has 1 amide bonds. The first-order chi connectivity index (χ1) is 18.4. The average Bonchev–Trinajstić information content (AvgIpc) is 3.29. The summed E-state index contributed by atoms with van der Waals surface area (Å²) in [6.07, 6.45) is 1.97. The average molecular weight is 582 g/mol. The van der Waals surface area contributed by atoms with Gasteiger partial charge in [-0.2, -0.15) is 0 Å². The molecule has 2 heterocycles. The molecule has 2 atom stereocenters. The molecule has 3 rings (SSSR count). The molecular formula is C24H33ClN7O6P. The topological polar surface area (TPSA) is 173 Å². The van der Waals surface area contributed by atoms with Crippen LogP contribution in [-0.4, -0.2) is 69.2 Å². The molecule has 0 aliphatic carbocycles. The van der Waals surface area contributed by atoms with Crippen LogP contribution in [0.25, 0.3) is 11.2 Å². The summed E-state index contributed by atoms with van der Waals surface area (Å²) in [5, 5.41) is 5.74. The molecule has 0 saturated carbocycles. The predicted octanol–water partition coefficient (Wildman–Crippen LogP) is 3.00. The Morgan fingerprint density at radius 1 is 1.18 bits per heavy atom. The van der Waals surface area contributed by atoms with E-state index in [-0.39, 0.29) is 24.6 Å². The van der Waals surface area contributed by atoms with Gasteiger partial charge in [-0.05, 0) is 52.0 Å². The monoisotopic (exact) mass is 581 g/mol. The highest BCUT2D eigenvalue weighted by atomic mass is 35.5. The summed E-state index contributed by atoms with van der Waals surface area (Å²) < 4.78 is 32.1. The van der Waals surface area contributed by atoms with E-state index in [9.17, 15) is 14.2 Å². The maximum Gasteiger partial charge on any atom is 0.326 e. The molecule has 13 nitrogen and oxygen atoms in total. The quantitative estimate of drug-likeness (QED) is 0.145. The first-order valence-corrected chi connectivity index (χ1v) is 14.5. The van der Waals surface area contributed by atoms with Crippen LogP contribution in [0.3, 0.4) is 0 Å². The molecule has 3 aromatic rings. The fourth-order valence-corrected chi connectivity index (χ4v) is 5.76. The van der Waals surface area contributed by atoms with E-state index in [0.717, 1.165) is 0 Å². The third-order valence-electron chi connectivity index (χ3n) is 5.45. The number of fused-ring (bicyclic) bond motifs is 1. The molecule has 0 saturated heterocycles. The number of nitrogen functional groups attached to an aromatic ring is 1. The Labute approximate surface area is 231 Å². The van der Waals surface area contributed by atoms with E-state index in [2.05, 4.69) is 25.1 Å². The molecule has 0 spiro atoms. The molecule has 1 aromatic carbocycles. The zero-order valence-corrected chi connectivity index (χ0v) is 23.9. The van der Waals surface area contributed by atoms with E-state index in [1.807, 2.05) is 6.92 Å². The molecule has 0 aliphatic heterocycles. The number of anilines is 1. The Kier molecular flexibility index (Phi) is 10.4. The van der Waals surface area contributed by atoms with Crippen LogP contribution in [0.5, 0.6) is 0 Å². The minimum atomic E-state index is -3.88. The SMILES string of the molecule is CCOCCOC(=O)C(C)(C)NP(=O)(CO[C@@H](C)Cn1cnc2c(N)ncnc21)NC(=O)c1ccc(Cl)cc1. The number of esters is 1. The standard InChI is InChI=1S/C24H33ClN7O6P/c1-5-36-10-11-37-23(34)24(3,4)31-39(35,30-22(33)17-6-8-18(25)9-7-17)15-38-16(2)12-32-14-29-19-20(26)27-13-28-21(19)32/h6-9,13-14,16H,5,10-12,15H2,1-4H3,(H2,26,27,28)(H2,30,31,33,35)/t16-,39?/m0/s1. The molecule has 0 aliphatic rings. The lowest BCUT2D eigenvalue weighted by molar-refractivity contribution is -0.151.